The van der Waals surface area contributed by atoms with Gasteiger partial charge in [-0.05, 0) is 44.0 Å². The number of nitrogens with zero attached hydrogens (tertiary/aromatic N) is 4. The lowest BCUT2D eigenvalue weighted by molar-refractivity contribution is 0.0717. The zero-order valence-electron chi connectivity index (χ0n) is 15.0. The van der Waals surface area contributed by atoms with Crippen molar-refractivity contribution in [2.45, 2.75) is 32.4 Å². The van der Waals surface area contributed by atoms with Crippen molar-refractivity contribution in [1.82, 2.24) is 9.38 Å². The highest BCUT2D eigenvalue weighted by Crippen LogP contribution is 2.31. The number of pyridine rings is 1. The molecule has 0 spiro atoms. The third-order valence-corrected chi connectivity index (χ3v) is 5.00. The Morgan fingerprint density at radius 3 is 3.00 bits per heavy atom. The van der Waals surface area contributed by atoms with Crippen LogP contribution in [0, 0.1) is 18.3 Å². The molecule has 1 aliphatic rings. The summed E-state index contributed by atoms with van der Waals surface area (Å²) < 4.78 is 7.73. The molecule has 6 heteroatoms. The number of morpholine rings is 1. The number of aliphatic hydroxyl groups excluding tert-OH is 1. The summed E-state index contributed by atoms with van der Waals surface area (Å²) in [6.45, 7) is 5.72. The molecule has 0 amide bonds. The summed E-state index contributed by atoms with van der Waals surface area (Å²) >= 11 is 0. The topological polar surface area (TPSA) is 73.8 Å². The van der Waals surface area contributed by atoms with Crippen molar-refractivity contribution >= 4 is 22.5 Å². The molecular weight excluding hydrogens is 328 g/mol. The van der Waals surface area contributed by atoms with Gasteiger partial charge in [-0.3, -0.25) is 4.40 Å². The number of ether oxygens (including phenoxy) is 1. The van der Waals surface area contributed by atoms with Crippen LogP contribution in [-0.2, 0) is 4.74 Å². The molecule has 0 saturated carbocycles. The molecule has 2 aromatic heterocycles. The van der Waals surface area contributed by atoms with Gasteiger partial charge in [0.25, 0.3) is 0 Å². The standard InChI is InChI=1S/C20H22N4O2/c1-13-9-19(23-7-8-26-12-15(23)10-14(2)25)24-18-6-4-3-5-17(18)22-20(24)16(13)11-21/h3-6,9,14-15,25H,7-8,10,12H2,1-2H3. The van der Waals surface area contributed by atoms with E-state index in [2.05, 4.69) is 21.4 Å². The number of fused-ring (bicyclic) bond motifs is 3. The number of para-hydroxylation sites is 2. The summed E-state index contributed by atoms with van der Waals surface area (Å²) in [6.07, 6.45) is 0.228. The first-order valence-electron chi connectivity index (χ1n) is 8.93. The van der Waals surface area contributed by atoms with Gasteiger partial charge in [0.15, 0.2) is 5.65 Å². The van der Waals surface area contributed by atoms with E-state index in [1.165, 1.54) is 0 Å². The van der Waals surface area contributed by atoms with E-state index in [1.807, 2.05) is 31.2 Å². The molecule has 2 unspecified atom stereocenters. The lowest BCUT2D eigenvalue weighted by atomic mass is 10.1. The van der Waals surface area contributed by atoms with E-state index in [-0.39, 0.29) is 6.04 Å². The number of hydrogen-bond donors (Lipinski definition) is 1. The van der Waals surface area contributed by atoms with Crippen molar-refractivity contribution in [1.29, 1.82) is 5.26 Å². The van der Waals surface area contributed by atoms with Crippen LogP contribution in [0.25, 0.3) is 16.7 Å². The molecule has 6 nitrogen and oxygen atoms in total. The second-order valence-corrected chi connectivity index (χ2v) is 6.94. The van der Waals surface area contributed by atoms with Gasteiger partial charge in [-0.2, -0.15) is 5.26 Å². The van der Waals surface area contributed by atoms with Gasteiger partial charge in [0.2, 0.25) is 0 Å². The quantitative estimate of drug-likeness (QED) is 0.786. The zero-order chi connectivity index (χ0) is 18.3. The second-order valence-electron chi connectivity index (χ2n) is 6.94. The Hall–Kier alpha value is -2.62. The monoisotopic (exact) mass is 350 g/mol. The van der Waals surface area contributed by atoms with Crippen LogP contribution in [0.4, 0.5) is 5.82 Å². The maximum atomic E-state index is 9.91. The van der Waals surface area contributed by atoms with Gasteiger partial charge < -0.3 is 14.7 Å². The summed E-state index contributed by atoms with van der Waals surface area (Å²) in [6, 6.07) is 12.4. The summed E-state index contributed by atoms with van der Waals surface area (Å²) in [5, 5.41) is 19.6. The van der Waals surface area contributed by atoms with Crippen LogP contribution in [0.5, 0.6) is 0 Å². The molecule has 0 radical (unpaired) electrons. The highest BCUT2D eigenvalue weighted by atomic mass is 16.5. The van der Waals surface area contributed by atoms with E-state index in [1.54, 1.807) is 6.92 Å². The lowest BCUT2D eigenvalue weighted by Crippen LogP contribution is -2.47. The third-order valence-electron chi connectivity index (χ3n) is 5.00. The van der Waals surface area contributed by atoms with E-state index in [4.69, 9.17) is 9.72 Å². The number of aliphatic hydroxyl groups is 1. The van der Waals surface area contributed by atoms with Crippen molar-refractivity contribution in [3.8, 4) is 6.07 Å². The van der Waals surface area contributed by atoms with Crippen LogP contribution in [0.1, 0.15) is 24.5 Å². The molecule has 1 saturated heterocycles. The number of anilines is 1. The Bertz CT molecular complexity index is 1000. The van der Waals surface area contributed by atoms with Crippen LogP contribution in [-0.4, -0.2) is 46.4 Å². The third kappa shape index (κ3) is 2.70. The summed E-state index contributed by atoms with van der Waals surface area (Å²) in [5.41, 5.74) is 4.05. The van der Waals surface area contributed by atoms with Gasteiger partial charge >= 0.3 is 0 Å². The fourth-order valence-corrected chi connectivity index (χ4v) is 3.83. The van der Waals surface area contributed by atoms with E-state index >= 15 is 0 Å². The highest BCUT2D eigenvalue weighted by Gasteiger charge is 2.28. The Morgan fingerprint density at radius 1 is 1.42 bits per heavy atom. The molecule has 3 heterocycles. The number of nitriles is 1. The first-order chi connectivity index (χ1) is 12.6. The molecule has 26 heavy (non-hydrogen) atoms. The zero-order valence-corrected chi connectivity index (χ0v) is 15.0. The van der Waals surface area contributed by atoms with Gasteiger partial charge in [-0.1, -0.05) is 12.1 Å². The molecule has 1 N–H and O–H groups in total. The fraction of sp³-hybridized carbons (Fsp3) is 0.400. The van der Waals surface area contributed by atoms with Gasteiger partial charge in [0.1, 0.15) is 11.9 Å². The Labute approximate surface area is 152 Å². The fourth-order valence-electron chi connectivity index (χ4n) is 3.83. The number of aryl methyl sites for hydroxylation is 1. The molecule has 1 fully saturated rings. The number of imidazole rings is 1. The molecule has 2 atom stereocenters. The van der Waals surface area contributed by atoms with Crippen LogP contribution in [0.15, 0.2) is 30.3 Å². The largest absolute Gasteiger partial charge is 0.393 e. The van der Waals surface area contributed by atoms with E-state index in [0.717, 1.165) is 29.0 Å². The lowest BCUT2D eigenvalue weighted by Gasteiger charge is -2.38. The maximum Gasteiger partial charge on any atom is 0.157 e. The molecule has 4 rings (SSSR count). The molecule has 134 valence electrons. The molecular formula is C20H22N4O2. The predicted molar refractivity (Wildman–Crippen MR) is 100 cm³/mol. The van der Waals surface area contributed by atoms with Gasteiger partial charge in [0, 0.05) is 6.54 Å². The Balaban J connectivity index is 1.98. The van der Waals surface area contributed by atoms with E-state index in [9.17, 15) is 10.4 Å². The molecule has 1 aromatic carbocycles. The normalized spacial score (nSPS) is 19.0. The van der Waals surface area contributed by atoms with Crippen molar-refractivity contribution < 1.29 is 9.84 Å². The molecule has 3 aromatic rings. The molecule has 1 aliphatic heterocycles. The van der Waals surface area contributed by atoms with Crippen LogP contribution in [0.3, 0.4) is 0 Å². The van der Waals surface area contributed by atoms with Crippen molar-refractivity contribution in [3.63, 3.8) is 0 Å². The average molecular weight is 350 g/mol. The van der Waals surface area contributed by atoms with Gasteiger partial charge in [-0.15, -0.1) is 0 Å². The van der Waals surface area contributed by atoms with Gasteiger partial charge in [-0.25, -0.2) is 4.98 Å². The molecule has 0 aliphatic carbocycles. The Morgan fingerprint density at radius 2 is 2.23 bits per heavy atom. The van der Waals surface area contributed by atoms with Gasteiger partial charge in [0.05, 0.1) is 42.0 Å². The minimum atomic E-state index is -0.404. The first kappa shape index (κ1) is 16.8. The second kappa shape index (κ2) is 6.60. The molecule has 0 bridgehead atoms. The summed E-state index contributed by atoms with van der Waals surface area (Å²) in [7, 11) is 0. The van der Waals surface area contributed by atoms with Crippen LogP contribution in [0.2, 0.25) is 0 Å². The SMILES string of the molecule is Cc1cc(N2CCOCC2CC(C)O)n2c(nc3ccccc32)c1C#N. The van der Waals surface area contributed by atoms with Crippen molar-refractivity contribution in [2.75, 3.05) is 24.7 Å². The van der Waals surface area contributed by atoms with Crippen molar-refractivity contribution in [3.05, 3.63) is 41.5 Å². The van der Waals surface area contributed by atoms with Crippen LogP contribution < -0.4 is 4.90 Å². The number of aromatic nitrogens is 2. The number of rotatable bonds is 3. The van der Waals surface area contributed by atoms with E-state index in [0.29, 0.717) is 30.8 Å². The first-order valence-corrected chi connectivity index (χ1v) is 8.93. The minimum absolute atomic E-state index is 0.0837. The maximum absolute atomic E-state index is 9.91. The minimum Gasteiger partial charge on any atom is -0.393 e. The highest BCUT2D eigenvalue weighted by molar-refractivity contribution is 5.85. The van der Waals surface area contributed by atoms with E-state index < -0.39 is 6.10 Å². The smallest absolute Gasteiger partial charge is 0.157 e. The number of hydrogen-bond acceptors (Lipinski definition) is 5. The van der Waals surface area contributed by atoms with Crippen molar-refractivity contribution in [2.24, 2.45) is 0 Å². The predicted octanol–water partition coefficient (Wildman–Crippen LogP) is 2.64. The summed E-state index contributed by atoms with van der Waals surface area (Å²) in [5.74, 6) is 0.999. The number of benzene rings is 1. The summed E-state index contributed by atoms with van der Waals surface area (Å²) in [4.78, 5) is 7.00. The average Bonchev–Trinajstić information content (AvgIpc) is 3.00. The van der Waals surface area contributed by atoms with Crippen LogP contribution >= 0.6 is 0 Å². The Kier molecular flexibility index (Phi) is 4.27.